The van der Waals surface area contributed by atoms with E-state index in [0.717, 1.165) is 34.6 Å². The third-order valence-corrected chi connectivity index (χ3v) is 6.76. The van der Waals surface area contributed by atoms with Gasteiger partial charge in [0.15, 0.2) is 5.69 Å². The summed E-state index contributed by atoms with van der Waals surface area (Å²) < 4.78 is 4.00. The van der Waals surface area contributed by atoms with Gasteiger partial charge in [-0.2, -0.15) is 4.37 Å². The van der Waals surface area contributed by atoms with Crippen LogP contribution in [-0.4, -0.2) is 28.6 Å². The molecule has 3 rings (SSSR count). The van der Waals surface area contributed by atoms with Gasteiger partial charge in [0.1, 0.15) is 10.9 Å². The standard InChI is InChI=1S/C27H33N5O3S/c1-15(2)12-13-30-26(34)23(19-9-6-16(3)7-10-19)32(20-11-8-17(4)14-18(20)5)27(35)24-21(28)22(25(29)33)31-36-24/h6-11,14-15,23H,12-13,28H2,1-5H3,(H2,29,33)(H,30,34)/t23-/m1/s1. The molecule has 0 aliphatic heterocycles. The Morgan fingerprint density at radius 2 is 1.67 bits per heavy atom. The third-order valence-electron chi connectivity index (χ3n) is 5.91. The third kappa shape index (κ3) is 5.91. The number of carbonyl (C=O) groups is 3. The largest absolute Gasteiger partial charge is 0.395 e. The number of benzene rings is 2. The molecule has 0 fully saturated rings. The van der Waals surface area contributed by atoms with Crippen LogP contribution in [0.25, 0.3) is 0 Å². The van der Waals surface area contributed by atoms with E-state index in [0.29, 0.717) is 23.7 Å². The molecule has 0 saturated carbocycles. The van der Waals surface area contributed by atoms with Gasteiger partial charge in [-0.15, -0.1) is 0 Å². The molecule has 0 radical (unpaired) electrons. The summed E-state index contributed by atoms with van der Waals surface area (Å²) in [6.07, 6.45) is 0.799. The maximum atomic E-state index is 14.1. The topological polar surface area (TPSA) is 131 Å². The zero-order valence-corrected chi connectivity index (χ0v) is 22.1. The summed E-state index contributed by atoms with van der Waals surface area (Å²) in [6.45, 7) is 10.4. The number of nitrogens with two attached hydrogens (primary N) is 2. The average Bonchev–Trinajstić information content (AvgIpc) is 3.19. The summed E-state index contributed by atoms with van der Waals surface area (Å²) in [5, 5.41) is 3.00. The molecule has 3 amide bonds. The Labute approximate surface area is 215 Å². The Bertz CT molecular complexity index is 1270. The predicted octanol–water partition coefficient (Wildman–Crippen LogP) is 4.30. The van der Waals surface area contributed by atoms with Crippen LogP contribution in [0, 0.1) is 26.7 Å². The molecule has 2 aromatic carbocycles. The second kappa shape index (κ2) is 11.3. The quantitative estimate of drug-likeness (QED) is 0.397. The minimum atomic E-state index is -0.981. The minimum Gasteiger partial charge on any atom is -0.395 e. The number of hydrogen-bond donors (Lipinski definition) is 3. The Hall–Kier alpha value is -3.72. The number of amides is 3. The fourth-order valence-corrected chi connectivity index (χ4v) is 4.67. The van der Waals surface area contributed by atoms with Crippen molar-refractivity contribution in [3.8, 4) is 0 Å². The normalized spacial score (nSPS) is 11.8. The van der Waals surface area contributed by atoms with Crippen molar-refractivity contribution in [2.45, 2.75) is 47.1 Å². The smallest absolute Gasteiger partial charge is 0.273 e. The van der Waals surface area contributed by atoms with Gasteiger partial charge in [-0.05, 0) is 61.8 Å². The molecule has 36 heavy (non-hydrogen) atoms. The summed E-state index contributed by atoms with van der Waals surface area (Å²) in [6, 6.07) is 12.2. The zero-order chi connectivity index (χ0) is 26.6. The number of nitrogen functional groups attached to an aromatic ring is 1. The van der Waals surface area contributed by atoms with E-state index in [4.69, 9.17) is 11.5 Å². The maximum Gasteiger partial charge on any atom is 0.273 e. The SMILES string of the molecule is Cc1ccc([C@H](C(=O)NCCC(C)C)N(C(=O)c2snc(C(N)=O)c2N)c2ccc(C)cc2C)cc1. The molecule has 0 bridgehead atoms. The number of nitrogens with zero attached hydrogens (tertiary/aromatic N) is 2. The number of anilines is 2. The van der Waals surface area contributed by atoms with Crippen LogP contribution in [0.3, 0.4) is 0 Å². The summed E-state index contributed by atoms with van der Waals surface area (Å²) in [4.78, 5) is 41.1. The fourth-order valence-electron chi connectivity index (χ4n) is 3.93. The van der Waals surface area contributed by atoms with E-state index in [1.165, 1.54) is 4.90 Å². The highest BCUT2D eigenvalue weighted by Crippen LogP contribution is 2.35. The molecule has 1 heterocycles. The highest BCUT2D eigenvalue weighted by molar-refractivity contribution is 7.09. The van der Waals surface area contributed by atoms with Crippen molar-refractivity contribution in [1.29, 1.82) is 0 Å². The molecule has 5 N–H and O–H groups in total. The van der Waals surface area contributed by atoms with Gasteiger partial charge >= 0.3 is 0 Å². The molecule has 1 atom stereocenters. The Balaban J connectivity index is 2.19. The highest BCUT2D eigenvalue weighted by Gasteiger charge is 2.36. The molecule has 190 valence electrons. The zero-order valence-electron chi connectivity index (χ0n) is 21.3. The maximum absolute atomic E-state index is 14.1. The number of nitrogens with one attached hydrogen (secondary N) is 1. The van der Waals surface area contributed by atoms with Crippen molar-refractivity contribution in [3.63, 3.8) is 0 Å². The lowest BCUT2D eigenvalue weighted by Crippen LogP contribution is -2.44. The number of rotatable bonds is 9. The van der Waals surface area contributed by atoms with Gasteiger partial charge in [-0.1, -0.05) is 61.4 Å². The van der Waals surface area contributed by atoms with Crippen LogP contribution in [0.1, 0.15) is 68.7 Å². The van der Waals surface area contributed by atoms with Gasteiger partial charge in [-0.3, -0.25) is 19.3 Å². The van der Waals surface area contributed by atoms with Crippen LogP contribution >= 0.6 is 11.5 Å². The Morgan fingerprint density at radius 3 is 2.22 bits per heavy atom. The molecule has 9 heteroatoms. The minimum absolute atomic E-state index is 0.0517. The molecule has 0 saturated heterocycles. The fraction of sp³-hybridized carbons (Fsp3) is 0.333. The van der Waals surface area contributed by atoms with Gasteiger partial charge < -0.3 is 16.8 Å². The average molecular weight is 508 g/mol. The van der Waals surface area contributed by atoms with Crippen LogP contribution in [0.4, 0.5) is 11.4 Å². The molecule has 8 nitrogen and oxygen atoms in total. The van der Waals surface area contributed by atoms with Crippen LogP contribution in [0.5, 0.6) is 0 Å². The van der Waals surface area contributed by atoms with Crippen molar-refractivity contribution in [1.82, 2.24) is 9.69 Å². The van der Waals surface area contributed by atoms with Gasteiger partial charge in [-0.25, -0.2) is 0 Å². The first-order chi connectivity index (χ1) is 17.0. The molecule has 1 aromatic heterocycles. The Morgan fingerprint density at radius 1 is 1.03 bits per heavy atom. The number of aromatic nitrogens is 1. The summed E-state index contributed by atoms with van der Waals surface area (Å²) in [5.74, 6) is -1.26. The van der Waals surface area contributed by atoms with E-state index >= 15 is 0 Å². The molecule has 0 spiro atoms. The molecule has 0 unspecified atom stereocenters. The predicted molar refractivity (Wildman–Crippen MR) is 144 cm³/mol. The summed E-state index contributed by atoms with van der Waals surface area (Å²) in [7, 11) is 0. The summed E-state index contributed by atoms with van der Waals surface area (Å²) >= 11 is 0.794. The van der Waals surface area contributed by atoms with Crippen molar-refractivity contribution in [3.05, 3.63) is 75.3 Å². The van der Waals surface area contributed by atoms with Gasteiger partial charge in [0, 0.05) is 12.2 Å². The summed E-state index contributed by atoms with van der Waals surface area (Å²) in [5.41, 5.74) is 15.3. The number of hydrogen-bond acceptors (Lipinski definition) is 6. The van der Waals surface area contributed by atoms with Crippen molar-refractivity contribution in [2.75, 3.05) is 17.2 Å². The van der Waals surface area contributed by atoms with E-state index in [2.05, 4.69) is 23.5 Å². The van der Waals surface area contributed by atoms with Crippen molar-refractivity contribution >= 4 is 40.6 Å². The first-order valence-corrected chi connectivity index (χ1v) is 12.6. The molecular formula is C27H33N5O3S. The highest BCUT2D eigenvalue weighted by atomic mass is 32.1. The van der Waals surface area contributed by atoms with Crippen molar-refractivity contribution in [2.24, 2.45) is 11.7 Å². The first-order valence-electron chi connectivity index (χ1n) is 11.8. The lowest BCUT2D eigenvalue weighted by atomic mass is 9.99. The van der Waals surface area contributed by atoms with Gasteiger partial charge in [0.05, 0.1) is 5.69 Å². The molecule has 0 aliphatic rings. The van der Waals surface area contributed by atoms with E-state index in [1.54, 1.807) is 0 Å². The first kappa shape index (κ1) is 26.9. The lowest BCUT2D eigenvalue weighted by Gasteiger charge is -2.32. The van der Waals surface area contributed by atoms with Crippen LogP contribution in [0.2, 0.25) is 0 Å². The van der Waals surface area contributed by atoms with E-state index in [1.807, 2.05) is 63.2 Å². The second-order valence-corrected chi connectivity index (χ2v) is 10.2. The molecule has 3 aromatic rings. The molecule has 0 aliphatic carbocycles. The lowest BCUT2D eigenvalue weighted by molar-refractivity contribution is -0.122. The van der Waals surface area contributed by atoms with Crippen LogP contribution in [0.15, 0.2) is 42.5 Å². The van der Waals surface area contributed by atoms with E-state index in [-0.39, 0.29) is 22.2 Å². The van der Waals surface area contributed by atoms with Gasteiger partial charge in [0.25, 0.3) is 11.8 Å². The molecular weight excluding hydrogens is 474 g/mol. The second-order valence-electron chi connectivity index (χ2n) is 9.39. The number of carbonyl (C=O) groups excluding carboxylic acids is 3. The van der Waals surface area contributed by atoms with Gasteiger partial charge in [0.2, 0.25) is 5.91 Å². The Kier molecular flexibility index (Phi) is 8.47. The van der Waals surface area contributed by atoms with E-state index in [9.17, 15) is 14.4 Å². The van der Waals surface area contributed by atoms with E-state index < -0.39 is 17.9 Å². The van der Waals surface area contributed by atoms with Crippen LogP contribution in [-0.2, 0) is 4.79 Å². The number of aryl methyl sites for hydroxylation is 3. The number of primary amides is 1. The monoisotopic (exact) mass is 507 g/mol. The van der Waals surface area contributed by atoms with Crippen molar-refractivity contribution < 1.29 is 14.4 Å². The van der Waals surface area contributed by atoms with Crippen LogP contribution < -0.4 is 21.7 Å².